The van der Waals surface area contributed by atoms with E-state index in [2.05, 4.69) is 49.6 Å². The summed E-state index contributed by atoms with van der Waals surface area (Å²) in [5.74, 6) is 1.08. The van der Waals surface area contributed by atoms with Crippen molar-refractivity contribution >= 4 is 17.4 Å². The molecule has 2 N–H and O–H groups in total. The fourth-order valence-electron chi connectivity index (χ4n) is 4.31. The van der Waals surface area contributed by atoms with Crippen LogP contribution in [0, 0.1) is 6.92 Å². The number of amides is 1. The van der Waals surface area contributed by atoms with Crippen LogP contribution in [0.3, 0.4) is 0 Å². The van der Waals surface area contributed by atoms with Gasteiger partial charge in [-0.25, -0.2) is 0 Å². The summed E-state index contributed by atoms with van der Waals surface area (Å²) in [4.78, 5) is 16.1. The normalized spacial score (nSPS) is 16.1. The Morgan fingerprint density at radius 1 is 1.11 bits per heavy atom. The average Bonchev–Trinajstić information content (AvgIpc) is 3.32. The van der Waals surface area contributed by atoms with Gasteiger partial charge >= 0.3 is 0 Å². The number of aromatic amines is 2. The molecule has 0 unspecified atom stereocenters. The summed E-state index contributed by atoms with van der Waals surface area (Å²) in [5, 5.41) is 15.3. The van der Waals surface area contributed by atoms with Gasteiger partial charge in [0.25, 0.3) is 0 Å². The van der Waals surface area contributed by atoms with Crippen LogP contribution in [-0.4, -0.2) is 44.3 Å². The molecule has 7 heteroatoms. The number of aryl methyl sites for hydroxylation is 2. The summed E-state index contributed by atoms with van der Waals surface area (Å²) in [5.41, 5.74) is 8.01. The zero-order valence-corrected chi connectivity index (χ0v) is 16.2. The summed E-state index contributed by atoms with van der Waals surface area (Å²) >= 11 is 0. The van der Waals surface area contributed by atoms with Gasteiger partial charge in [0.2, 0.25) is 5.91 Å². The molecule has 5 rings (SSSR count). The number of rotatable bonds is 2. The maximum absolute atomic E-state index is 11.9. The number of fused-ring (bicyclic) bond motifs is 2. The van der Waals surface area contributed by atoms with Crippen LogP contribution < -0.4 is 4.90 Å². The van der Waals surface area contributed by atoms with Crippen molar-refractivity contribution in [2.45, 2.75) is 39.7 Å². The Labute approximate surface area is 163 Å². The van der Waals surface area contributed by atoms with Gasteiger partial charge in [-0.05, 0) is 43.5 Å². The van der Waals surface area contributed by atoms with E-state index in [1.807, 2.05) is 11.8 Å². The SMILES string of the molecule is CC(=O)N1CCc2[nH]nc(N3CCCc4cc(-c5cc(C)[nH]n5)ccc43)c2C1. The first-order valence-corrected chi connectivity index (χ1v) is 9.84. The predicted molar refractivity (Wildman–Crippen MR) is 107 cm³/mol. The first-order chi connectivity index (χ1) is 13.6. The van der Waals surface area contributed by atoms with Crippen molar-refractivity contribution in [3.63, 3.8) is 0 Å². The second-order valence-electron chi connectivity index (χ2n) is 7.73. The van der Waals surface area contributed by atoms with Crippen molar-refractivity contribution < 1.29 is 4.79 Å². The number of carbonyl (C=O) groups excluding carboxylic acids is 1. The van der Waals surface area contributed by atoms with Crippen LogP contribution in [0.4, 0.5) is 11.5 Å². The molecule has 0 aliphatic carbocycles. The number of H-pyrrole nitrogens is 2. The van der Waals surface area contributed by atoms with Crippen molar-refractivity contribution in [3.05, 3.63) is 46.8 Å². The van der Waals surface area contributed by atoms with E-state index in [1.165, 1.54) is 11.3 Å². The molecule has 0 saturated carbocycles. The highest BCUT2D eigenvalue weighted by Crippen LogP contribution is 2.38. The number of hydrogen-bond acceptors (Lipinski definition) is 4. The maximum atomic E-state index is 11.9. The molecule has 2 aliphatic rings. The highest BCUT2D eigenvalue weighted by atomic mass is 16.2. The minimum atomic E-state index is 0.121. The molecule has 4 heterocycles. The lowest BCUT2D eigenvalue weighted by molar-refractivity contribution is -0.129. The molecule has 1 amide bonds. The number of carbonyl (C=O) groups is 1. The second kappa shape index (κ2) is 6.51. The van der Waals surface area contributed by atoms with Gasteiger partial charge in [0, 0.05) is 54.6 Å². The first kappa shape index (κ1) is 17.0. The van der Waals surface area contributed by atoms with Crippen LogP contribution in [0.15, 0.2) is 24.3 Å². The first-order valence-electron chi connectivity index (χ1n) is 9.84. The van der Waals surface area contributed by atoms with E-state index in [0.29, 0.717) is 6.54 Å². The minimum Gasteiger partial charge on any atom is -0.338 e. The number of hydrogen-bond donors (Lipinski definition) is 2. The van der Waals surface area contributed by atoms with Crippen molar-refractivity contribution in [1.82, 2.24) is 25.3 Å². The highest BCUT2D eigenvalue weighted by molar-refractivity contribution is 5.76. The van der Waals surface area contributed by atoms with Crippen molar-refractivity contribution in [2.75, 3.05) is 18.0 Å². The van der Waals surface area contributed by atoms with Gasteiger partial charge in [-0.1, -0.05) is 6.07 Å². The Balaban J connectivity index is 1.51. The molecule has 0 fully saturated rings. The third-order valence-electron chi connectivity index (χ3n) is 5.81. The highest BCUT2D eigenvalue weighted by Gasteiger charge is 2.29. The quantitative estimate of drug-likeness (QED) is 0.720. The largest absolute Gasteiger partial charge is 0.338 e. The molecular formula is C21H24N6O. The maximum Gasteiger partial charge on any atom is 0.219 e. The van der Waals surface area contributed by atoms with Gasteiger partial charge < -0.3 is 9.80 Å². The zero-order valence-electron chi connectivity index (χ0n) is 16.2. The van der Waals surface area contributed by atoms with Crippen LogP contribution in [-0.2, 0) is 24.2 Å². The van der Waals surface area contributed by atoms with Crippen LogP contribution in [0.1, 0.15) is 35.9 Å². The molecule has 2 aliphatic heterocycles. The molecule has 0 spiro atoms. The van der Waals surface area contributed by atoms with E-state index in [0.717, 1.165) is 66.4 Å². The Kier molecular flexibility index (Phi) is 3.96. The lowest BCUT2D eigenvalue weighted by Gasteiger charge is -2.32. The second-order valence-corrected chi connectivity index (χ2v) is 7.73. The van der Waals surface area contributed by atoms with Gasteiger partial charge in [0.1, 0.15) is 0 Å². The molecule has 1 aromatic carbocycles. The van der Waals surface area contributed by atoms with E-state index in [4.69, 9.17) is 0 Å². The third kappa shape index (κ3) is 2.78. The molecule has 0 atom stereocenters. The summed E-state index contributed by atoms with van der Waals surface area (Å²) in [6, 6.07) is 8.63. The zero-order chi connectivity index (χ0) is 19.3. The van der Waals surface area contributed by atoms with Crippen LogP contribution in [0.5, 0.6) is 0 Å². The summed E-state index contributed by atoms with van der Waals surface area (Å²) in [6.45, 7) is 5.98. The van der Waals surface area contributed by atoms with E-state index in [1.54, 1.807) is 6.92 Å². The summed E-state index contributed by atoms with van der Waals surface area (Å²) < 4.78 is 0. The Morgan fingerprint density at radius 2 is 2.00 bits per heavy atom. The Hall–Kier alpha value is -3.09. The monoisotopic (exact) mass is 376 g/mol. The predicted octanol–water partition coefficient (Wildman–Crippen LogP) is 3.10. The van der Waals surface area contributed by atoms with Crippen molar-refractivity contribution in [3.8, 4) is 11.3 Å². The summed E-state index contributed by atoms with van der Waals surface area (Å²) in [6.07, 6.45) is 2.96. The molecule has 0 radical (unpaired) electrons. The molecule has 144 valence electrons. The number of benzene rings is 1. The van der Waals surface area contributed by atoms with E-state index >= 15 is 0 Å². The van der Waals surface area contributed by atoms with Crippen molar-refractivity contribution in [1.29, 1.82) is 0 Å². The number of anilines is 2. The van der Waals surface area contributed by atoms with Crippen LogP contribution in [0.2, 0.25) is 0 Å². The van der Waals surface area contributed by atoms with Gasteiger partial charge in [-0.15, -0.1) is 0 Å². The topological polar surface area (TPSA) is 80.9 Å². The third-order valence-corrected chi connectivity index (χ3v) is 5.81. The van der Waals surface area contributed by atoms with Crippen molar-refractivity contribution in [2.24, 2.45) is 0 Å². The molecular weight excluding hydrogens is 352 g/mol. The van der Waals surface area contributed by atoms with Gasteiger partial charge in [-0.3, -0.25) is 15.0 Å². The lowest BCUT2D eigenvalue weighted by atomic mass is 9.97. The van der Waals surface area contributed by atoms with E-state index in [-0.39, 0.29) is 5.91 Å². The Morgan fingerprint density at radius 3 is 2.79 bits per heavy atom. The molecule has 3 aromatic rings. The van der Waals surface area contributed by atoms with Gasteiger partial charge in [-0.2, -0.15) is 10.2 Å². The van der Waals surface area contributed by atoms with Crippen LogP contribution in [0.25, 0.3) is 11.3 Å². The minimum absolute atomic E-state index is 0.121. The molecule has 2 aromatic heterocycles. The molecule has 0 bridgehead atoms. The number of aromatic nitrogens is 4. The molecule has 28 heavy (non-hydrogen) atoms. The van der Waals surface area contributed by atoms with Crippen LogP contribution >= 0.6 is 0 Å². The van der Waals surface area contributed by atoms with E-state index < -0.39 is 0 Å². The number of nitrogens with one attached hydrogen (secondary N) is 2. The standard InChI is InChI=1S/C21H24N6O/c1-13-10-19(24-22-13)15-5-6-20-16(11-15)4-3-8-27(20)21-17-12-26(14(2)28)9-7-18(17)23-25-21/h5-6,10-11H,3-4,7-9,12H2,1-2H3,(H,22,24)(H,23,25). The lowest BCUT2D eigenvalue weighted by Crippen LogP contribution is -2.35. The molecule has 7 nitrogen and oxygen atoms in total. The fraction of sp³-hybridized carbons (Fsp3) is 0.381. The smallest absolute Gasteiger partial charge is 0.219 e. The number of nitrogens with zero attached hydrogens (tertiary/aromatic N) is 4. The fourth-order valence-corrected chi connectivity index (χ4v) is 4.31. The molecule has 0 saturated heterocycles. The Bertz CT molecular complexity index is 1050. The average molecular weight is 376 g/mol. The summed E-state index contributed by atoms with van der Waals surface area (Å²) in [7, 11) is 0. The van der Waals surface area contributed by atoms with Gasteiger partial charge in [0.05, 0.1) is 12.2 Å². The van der Waals surface area contributed by atoms with Gasteiger partial charge in [0.15, 0.2) is 5.82 Å². The van der Waals surface area contributed by atoms with E-state index in [9.17, 15) is 4.79 Å².